The lowest BCUT2D eigenvalue weighted by molar-refractivity contribution is 0.0579. The van der Waals surface area contributed by atoms with Crippen LogP contribution in [0.25, 0.3) is 0 Å². The third-order valence-electron chi connectivity index (χ3n) is 4.39. The number of benzene rings is 1. The summed E-state index contributed by atoms with van der Waals surface area (Å²) in [6, 6.07) is 10.4. The first-order valence-electron chi connectivity index (χ1n) is 7.78. The molecule has 114 valence electrons. The summed E-state index contributed by atoms with van der Waals surface area (Å²) in [5, 5.41) is 18.7. The minimum atomic E-state index is -0.207. The van der Waals surface area contributed by atoms with Gasteiger partial charge in [-0.05, 0) is 31.0 Å². The molecule has 0 bridgehead atoms. The quantitative estimate of drug-likeness (QED) is 0.900. The van der Waals surface area contributed by atoms with Gasteiger partial charge in [-0.25, -0.2) is 0 Å². The number of piperazine rings is 1. The fourth-order valence-corrected chi connectivity index (χ4v) is 2.84. The van der Waals surface area contributed by atoms with Crippen LogP contribution in [0, 0.1) is 11.3 Å². The molecule has 21 heavy (non-hydrogen) atoms. The Morgan fingerprint density at radius 1 is 1.29 bits per heavy atom. The van der Waals surface area contributed by atoms with Gasteiger partial charge in [0.2, 0.25) is 0 Å². The van der Waals surface area contributed by atoms with Crippen molar-refractivity contribution in [3.05, 3.63) is 35.4 Å². The Morgan fingerprint density at radius 2 is 2.00 bits per heavy atom. The molecule has 0 saturated carbocycles. The Morgan fingerprint density at radius 3 is 2.62 bits per heavy atom. The number of β-amino-alcohol motifs (C(OH)–C–C–N with tert-alkyl or cyclic N) is 1. The van der Waals surface area contributed by atoms with E-state index in [0.29, 0.717) is 6.04 Å². The summed E-state index contributed by atoms with van der Waals surface area (Å²) in [7, 11) is 0. The summed E-state index contributed by atoms with van der Waals surface area (Å²) in [5.41, 5.74) is 1.93. The topological polar surface area (TPSA) is 50.5 Å². The van der Waals surface area contributed by atoms with Gasteiger partial charge in [-0.15, -0.1) is 0 Å². The first-order chi connectivity index (χ1) is 10.1. The molecule has 0 aromatic heterocycles. The number of hydrogen-bond acceptors (Lipinski definition) is 4. The lowest BCUT2D eigenvalue weighted by Crippen LogP contribution is -2.49. The van der Waals surface area contributed by atoms with E-state index in [1.165, 1.54) is 5.56 Å². The second-order valence-corrected chi connectivity index (χ2v) is 5.81. The zero-order valence-electron chi connectivity index (χ0n) is 13.0. The number of nitrogens with zero attached hydrogens (tertiary/aromatic N) is 3. The molecule has 2 atom stereocenters. The lowest BCUT2D eigenvalue weighted by Gasteiger charge is -2.38. The average Bonchev–Trinajstić information content (AvgIpc) is 2.54. The molecule has 1 aromatic rings. The maximum absolute atomic E-state index is 9.74. The SMILES string of the molecule is CC[C@H](O)CN1CCN([C@@H](C)c2cccc(C#N)c2)CC1. The van der Waals surface area contributed by atoms with Gasteiger partial charge in [-0.1, -0.05) is 19.1 Å². The number of rotatable bonds is 5. The van der Waals surface area contributed by atoms with Crippen molar-refractivity contribution in [1.29, 1.82) is 5.26 Å². The largest absolute Gasteiger partial charge is 0.392 e. The van der Waals surface area contributed by atoms with E-state index in [1.807, 2.05) is 25.1 Å². The number of aliphatic hydroxyl groups is 1. The molecule has 1 aromatic carbocycles. The predicted octanol–water partition coefficient (Wildman–Crippen LogP) is 2.01. The van der Waals surface area contributed by atoms with Crippen molar-refractivity contribution in [3.8, 4) is 6.07 Å². The van der Waals surface area contributed by atoms with E-state index in [0.717, 1.165) is 44.7 Å². The van der Waals surface area contributed by atoms with E-state index in [1.54, 1.807) is 0 Å². The maximum Gasteiger partial charge on any atom is 0.0991 e. The highest BCUT2D eigenvalue weighted by Crippen LogP contribution is 2.22. The van der Waals surface area contributed by atoms with E-state index in [9.17, 15) is 5.11 Å². The van der Waals surface area contributed by atoms with Crippen LogP contribution in [0.4, 0.5) is 0 Å². The van der Waals surface area contributed by atoms with Crippen molar-refractivity contribution in [2.45, 2.75) is 32.4 Å². The van der Waals surface area contributed by atoms with Gasteiger partial charge < -0.3 is 5.11 Å². The molecule has 0 radical (unpaired) electrons. The number of aliphatic hydroxyl groups excluding tert-OH is 1. The predicted molar refractivity (Wildman–Crippen MR) is 83.9 cm³/mol. The molecule has 0 spiro atoms. The van der Waals surface area contributed by atoms with Crippen LogP contribution in [0.2, 0.25) is 0 Å². The molecule has 0 aliphatic carbocycles. The monoisotopic (exact) mass is 287 g/mol. The van der Waals surface area contributed by atoms with Crippen molar-refractivity contribution in [2.75, 3.05) is 32.7 Å². The Bertz CT molecular complexity index is 489. The Hall–Kier alpha value is -1.41. The van der Waals surface area contributed by atoms with Crippen molar-refractivity contribution in [3.63, 3.8) is 0 Å². The Labute approximate surface area is 127 Å². The van der Waals surface area contributed by atoms with Crippen LogP contribution in [0.15, 0.2) is 24.3 Å². The van der Waals surface area contributed by atoms with Crippen LogP contribution in [-0.4, -0.2) is 53.7 Å². The van der Waals surface area contributed by atoms with Crippen LogP contribution in [0.1, 0.15) is 37.4 Å². The standard InChI is InChI=1S/C17H25N3O/c1-3-17(21)13-19-7-9-20(10-8-19)14(2)16-6-4-5-15(11-16)12-18/h4-6,11,14,17,21H,3,7-10,13H2,1-2H3/t14-,17-/m0/s1. The first kappa shape index (κ1) is 16.0. The normalized spacial score (nSPS) is 19.9. The van der Waals surface area contributed by atoms with Crippen molar-refractivity contribution < 1.29 is 5.11 Å². The van der Waals surface area contributed by atoms with Crippen LogP contribution in [0.3, 0.4) is 0 Å². The third-order valence-corrected chi connectivity index (χ3v) is 4.39. The van der Waals surface area contributed by atoms with E-state index in [4.69, 9.17) is 5.26 Å². The molecule has 1 saturated heterocycles. The van der Waals surface area contributed by atoms with Gasteiger partial charge in [-0.2, -0.15) is 5.26 Å². The van der Waals surface area contributed by atoms with Gasteiger partial charge in [0.15, 0.2) is 0 Å². The van der Waals surface area contributed by atoms with Gasteiger partial charge in [0.25, 0.3) is 0 Å². The highest BCUT2D eigenvalue weighted by Gasteiger charge is 2.23. The van der Waals surface area contributed by atoms with Crippen molar-refractivity contribution in [2.24, 2.45) is 0 Å². The molecule has 0 amide bonds. The molecule has 0 unspecified atom stereocenters. The van der Waals surface area contributed by atoms with E-state index < -0.39 is 0 Å². The molecular weight excluding hydrogens is 262 g/mol. The highest BCUT2D eigenvalue weighted by molar-refractivity contribution is 5.34. The fourth-order valence-electron chi connectivity index (χ4n) is 2.84. The zero-order chi connectivity index (χ0) is 15.2. The summed E-state index contributed by atoms with van der Waals surface area (Å²) < 4.78 is 0. The van der Waals surface area contributed by atoms with Gasteiger partial charge in [0.1, 0.15) is 0 Å². The Kier molecular flexibility index (Phi) is 5.75. The molecule has 1 aliphatic rings. The zero-order valence-corrected chi connectivity index (χ0v) is 13.0. The summed E-state index contributed by atoms with van der Waals surface area (Å²) in [5.74, 6) is 0. The minimum absolute atomic E-state index is 0.207. The smallest absolute Gasteiger partial charge is 0.0991 e. The molecule has 1 aliphatic heterocycles. The molecule has 2 rings (SSSR count). The van der Waals surface area contributed by atoms with Gasteiger partial charge >= 0.3 is 0 Å². The van der Waals surface area contributed by atoms with E-state index in [2.05, 4.69) is 28.9 Å². The van der Waals surface area contributed by atoms with Gasteiger partial charge in [-0.3, -0.25) is 9.80 Å². The van der Waals surface area contributed by atoms with E-state index >= 15 is 0 Å². The summed E-state index contributed by atoms with van der Waals surface area (Å²) in [6.45, 7) is 9.02. The number of nitriles is 1. The van der Waals surface area contributed by atoms with Crippen molar-refractivity contribution in [1.82, 2.24) is 9.80 Å². The van der Waals surface area contributed by atoms with Crippen LogP contribution in [-0.2, 0) is 0 Å². The molecule has 4 nitrogen and oxygen atoms in total. The second-order valence-electron chi connectivity index (χ2n) is 5.81. The fraction of sp³-hybridized carbons (Fsp3) is 0.588. The Balaban J connectivity index is 1.91. The average molecular weight is 287 g/mol. The van der Waals surface area contributed by atoms with Crippen molar-refractivity contribution >= 4 is 0 Å². The molecular formula is C17H25N3O. The maximum atomic E-state index is 9.74. The minimum Gasteiger partial charge on any atom is -0.392 e. The molecule has 1 N–H and O–H groups in total. The summed E-state index contributed by atoms with van der Waals surface area (Å²) in [6.07, 6.45) is 0.610. The second kappa shape index (κ2) is 7.56. The summed E-state index contributed by atoms with van der Waals surface area (Å²) >= 11 is 0. The van der Waals surface area contributed by atoms with Gasteiger partial charge in [0.05, 0.1) is 17.7 Å². The highest BCUT2D eigenvalue weighted by atomic mass is 16.3. The van der Waals surface area contributed by atoms with Gasteiger partial charge in [0, 0.05) is 38.8 Å². The molecule has 1 fully saturated rings. The van der Waals surface area contributed by atoms with Crippen LogP contribution < -0.4 is 0 Å². The lowest BCUT2D eigenvalue weighted by atomic mass is 10.0. The third kappa shape index (κ3) is 4.28. The first-order valence-corrected chi connectivity index (χ1v) is 7.78. The summed E-state index contributed by atoms with van der Waals surface area (Å²) in [4.78, 5) is 4.79. The van der Waals surface area contributed by atoms with Crippen LogP contribution >= 0.6 is 0 Å². The number of hydrogen-bond donors (Lipinski definition) is 1. The molecule has 4 heteroatoms. The van der Waals surface area contributed by atoms with Crippen LogP contribution in [0.5, 0.6) is 0 Å². The van der Waals surface area contributed by atoms with E-state index in [-0.39, 0.29) is 6.10 Å². The molecule has 1 heterocycles.